The van der Waals surface area contributed by atoms with Crippen molar-refractivity contribution in [3.63, 3.8) is 0 Å². The van der Waals surface area contributed by atoms with E-state index < -0.39 is 0 Å². The summed E-state index contributed by atoms with van der Waals surface area (Å²) in [6, 6.07) is 16.9. The topological polar surface area (TPSA) is 33.5 Å². The van der Waals surface area contributed by atoms with Crippen LogP contribution in [0.15, 0.2) is 59.0 Å². The van der Waals surface area contributed by atoms with Crippen molar-refractivity contribution >= 4 is 22.4 Å². The zero-order valence-electron chi connectivity index (χ0n) is 11.5. The standard InChI is InChI=1S/C17H15NO2/c1-18(2)15-13-10-6-7-11-14(13)20-17(15)16(19)12-8-4-3-5-9-12/h3-11H,1-2H3. The molecule has 0 aliphatic carbocycles. The molecule has 0 saturated carbocycles. The Labute approximate surface area is 117 Å². The second-order valence-corrected chi connectivity index (χ2v) is 4.87. The van der Waals surface area contributed by atoms with Gasteiger partial charge in [0, 0.05) is 25.0 Å². The molecule has 0 bridgehead atoms. The fraction of sp³-hybridized carbons (Fsp3) is 0.118. The highest BCUT2D eigenvalue weighted by atomic mass is 16.3. The maximum Gasteiger partial charge on any atom is 0.230 e. The number of anilines is 1. The van der Waals surface area contributed by atoms with Gasteiger partial charge >= 0.3 is 0 Å². The normalized spacial score (nSPS) is 10.7. The number of hydrogen-bond acceptors (Lipinski definition) is 3. The second kappa shape index (κ2) is 4.85. The molecule has 0 saturated heterocycles. The summed E-state index contributed by atoms with van der Waals surface area (Å²) in [5.41, 5.74) is 2.19. The first kappa shape index (κ1) is 12.5. The minimum atomic E-state index is -0.0921. The first-order chi connectivity index (χ1) is 9.68. The number of rotatable bonds is 3. The molecule has 1 aromatic heterocycles. The predicted octanol–water partition coefficient (Wildman–Crippen LogP) is 3.73. The lowest BCUT2D eigenvalue weighted by molar-refractivity contribution is 0.101. The molecule has 0 radical (unpaired) electrons. The van der Waals surface area contributed by atoms with Gasteiger partial charge in [-0.2, -0.15) is 0 Å². The second-order valence-electron chi connectivity index (χ2n) is 4.87. The largest absolute Gasteiger partial charge is 0.450 e. The predicted molar refractivity (Wildman–Crippen MR) is 80.4 cm³/mol. The Morgan fingerprint density at radius 2 is 1.60 bits per heavy atom. The van der Waals surface area contributed by atoms with E-state index in [1.54, 1.807) is 12.1 Å². The molecular formula is C17H15NO2. The quantitative estimate of drug-likeness (QED) is 0.676. The van der Waals surface area contributed by atoms with Gasteiger partial charge in [0.05, 0.1) is 5.69 Å². The van der Waals surface area contributed by atoms with Crippen molar-refractivity contribution in [2.75, 3.05) is 19.0 Å². The molecule has 0 unspecified atom stereocenters. The summed E-state index contributed by atoms with van der Waals surface area (Å²) in [4.78, 5) is 14.5. The molecule has 0 amide bonds. The van der Waals surface area contributed by atoms with Crippen LogP contribution in [0.25, 0.3) is 11.0 Å². The van der Waals surface area contributed by atoms with Crippen molar-refractivity contribution in [2.24, 2.45) is 0 Å². The van der Waals surface area contributed by atoms with E-state index in [9.17, 15) is 4.79 Å². The smallest absolute Gasteiger partial charge is 0.230 e. The number of hydrogen-bond donors (Lipinski definition) is 0. The Kier molecular flexibility index (Phi) is 3.03. The number of furan rings is 1. The van der Waals surface area contributed by atoms with Crippen LogP contribution in [0.3, 0.4) is 0 Å². The van der Waals surface area contributed by atoms with Gasteiger partial charge in [-0.15, -0.1) is 0 Å². The number of ketones is 1. The van der Waals surface area contributed by atoms with Crippen molar-refractivity contribution < 1.29 is 9.21 Å². The van der Waals surface area contributed by atoms with Crippen molar-refractivity contribution in [1.82, 2.24) is 0 Å². The molecule has 0 fully saturated rings. The Balaban J connectivity index is 2.21. The first-order valence-corrected chi connectivity index (χ1v) is 6.47. The minimum Gasteiger partial charge on any atom is -0.450 e. The summed E-state index contributed by atoms with van der Waals surface area (Å²) in [5, 5.41) is 0.955. The Morgan fingerprint density at radius 3 is 2.30 bits per heavy atom. The number of nitrogens with zero attached hydrogens (tertiary/aromatic N) is 1. The van der Waals surface area contributed by atoms with Gasteiger partial charge in [-0.05, 0) is 12.1 Å². The molecule has 0 atom stereocenters. The number of carbonyl (C=O) groups is 1. The van der Waals surface area contributed by atoms with Gasteiger partial charge < -0.3 is 9.32 Å². The van der Waals surface area contributed by atoms with Gasteiger partial charge in [0.15, 0.2) is 5.76 Å². The van der Waals surface area contributed by atoms with E-state index in [0.29, 0.717) is 11.3 Å². The fourth-order valence-corrected chi connectivity index (χ4v) is 2.35. The maximum absolute atomic E-state index is 12.6. The molecular weight excluding hydrogens is 250 g/mol. The molecule has 3 heteroatoms. The fourth-order valence-electron chi connectivity index (χ4n) is 2.35. The molecule has 0 N–H and O–H groups in total. The molecule has 3 nitrogen and oxygen atoms in total. The molecule has 3 rings (SSSR count). The van der Waals surface area contributed by atoms with Crippen LogP contribution in [0, 0.1) is 0 Å². The lowest BCUT2D eigenvalue weighted by atomic mass is 10.1. The third-order valence-corrected chi connectivity index (χ3v) is 3.26. The van der Waals surface area contributed by atoms with Crippen LogP contribution < -0.4 is 4.90 Å². The number of benzene rings is 2. The average molecular weight is 265 g/mol. The third kappa shape index (κ3) is 1.97. The summed E-state index contributed by atoms with van der Waals surface area (Å²) < 4.78 is 5.79. The summed E-state index contributed by atoms with van der Waals surface area (Å²) in [6.45, 7) is 0. The van der Waals surface area contributed by atoms with Crippen LogP contribution in [0.5, 0.6) is 0 Å². The summed E-state index contributed by atoms with van der Waals surface area (Å²) >= 11 is 0. The van der Waals surface area contributed by atoms with Crippen molar-refractivity contribution in [3.05, 3.63) is 65.9 Å². The number of carbonyl (C=O) groups excluding carboxylic acids is 1. The lowest BCUT2D eigenvalue weighted by Gasteiger charge is -2.12. The zero-order valence-corrected chi connectivity index (χ0v) is 11.5. The van der Waals surface area contributed by atoms with E-state index in [0.717, 1.165) is 16.7 Å². The highest BCUT2D eigenvalue weighted by Crippen LogP contribution is 2.34. The zero-order chi connectivity index (χ0) is 14.1. The van der Waals surface area contributed by atoms with Gasteiger partial charge in [-0.25, -0.2) is 0 Å². The SMILES string of the molecule is CN(C)c1c(C(=O)c2ccccc2)oc2ccccc12. The number of fused-ring (bicyclic) bond motifs is 1. The lowest BCUT2D eigenvalue weighted by Crippen LogP contribution is -2.12. The van der Waals surface area contributed by atoms with Crippen molar-refractivity contribution in [3.8, 4) is 0 Å². The van der Waals surface area contributed by atoms with Crippen molar-refractivity contribution in [2.45, 2.75) is 0 Å². The van der Waals surface area contributed by atoms with E-state index in [1.165, 1.54) is 0 Å². The van der Waals surface area contributed by atoms with Crippen LogP contribution in [0.2, 0.25) is 0 Å². The van der Waals surface area contributed by atoms with Crippen molar-refractivity contribution in [1.29, 1.82) is 0 Å². The van der Waals surface area contributed by atoms with Gasteiger partial charge in [0.25, 0.3) is 0 Å². The molecule has 0 aliphatic rings. The van der Waals surface area contributed by atoms with Gasteiger partial charge in [-0.1, -0.05) is 42.5 Å². The average Bonchev–Trinajstić information content (AvgIpc) is 2.86. The maximum atomic E-state index is 12.6. The van der Waals surface area contributed by atoms with Crippen LogP contribution in [-0.2, 0) is 0 Å². The van der Waals surface area contributed by atoms with Gasteiger partial charge in [0.1, 0.15) is 5.58 Å². The van der Waals surface area contributed by atoms with Crippen LogP contribution >= 0.6 is 0 Å². The van der Waals surface area contributed by atoms with Crippen LogP contribution in [0.1, 0.15) is 16.1 Å². The van der Waals surface area contributed by atoms with E-state index in [-0.39, 0.29) is 5.78 Å². The molecule has 0 aliphatic heterocycles. The highest BCUT2D eigenvalue weighted by molar-refractivity contribution is 6.14. The van der Waals surface area contributed by atoms with Gasteiger partial charge in [-0.3, -0.25) is 4.79 Å². The molecule has 0 spiro atoms. The molecule has 1 heterocycles. The molecule has 2 aromatic carbocycles. The van der Waals surface area contributed by atoms with E-state index >= 15 is 0 Å². The molecule has 3 aromatic rings. The Morgan fingerprint density at radius 1 is 0.950 bits per heavy atom. The van der Waals surface area contributed by atoms with E-state index in [4.69, 9.17) is 4.42 Å². The Bertz CT molecular complexity index is 757. The summed E-state index contributed by atoms with van der Waals surface area (Å²) in [5.74, 6) is 0.299. The monoisotopic (exact) mass is 265 g/mol. The Hall–Kier alpha value is -2.55. The van der Waals surface area contributed by atoms with E-state index in [2.05, 4.69) is 0 Å². The van der Waals surface area contributed by atoms with E-state index in [1.807, 2.05) is 61.5 Å². The summed E-state index contributed by atoms with van der Waals surface area (Å²) in [7, 11) is 3.83. The van der Waals surface area contributed by atoms with Crippen LogP contribution in [-0.4, -0.2) is 19.9 Å². The van der Waals surface area contributed by atoms with Crippen LogP contribution in [0.4, 0.5) is 5.69 Å². The van der Waals surface area contributed by atoms with Gasteiger partial charge in [0.2, 0.25) is 5.78 Å². The number of para-hydroxylation sites is 1. The molecule has 100 valence electrons. The highest BCUT2D eigenvalue weighted by Gasteiger charge is 2.22. The first-order valence-electron chi connectivity index (χ1n) is 6.47. The molecule has 20 heavy (non-hydrogen) atoms. The summed E-state index contributed by atoms with van der Waals surface area (Å²) in [6.07, 6.45) is 0. The minimum absolute atomic E-state index is 0.0921. The third-order valence-electron chi connectivity index (χ3n) is 3.26.